The van der Waals surface area contributed by atoms with E-state index in [2.05, 4.69) is 10.6 Å². The molecule has 0 heterocycles. The van der Waals surface area contributed by atoms with Gasteiger partial charge in [0.25, 0.3) is 0 Å². The largest absolute Gasteiger partial charge is 0.489 e. The molecule has 1 aliphatic rings. The number of rotatable bonds is 6. The Morgan fingerprint density at radius 2 is 1.52 bits per heavy atom. The standard InChI is InChI=1S/C20H22N2O3/c1-14(2)25-17-11-7-6-10-16(17)22-19(24)20(12-13-20)18(23)21-15-8-4-3-5-9-15/h3-11,14H,12-13H2,1-2H3,(H,21,23)(H,22,24). The Labute approximate surface area is 147 Å². The van der Waals surface area contributed by atoms with Crippen LogP contribution in [0.2, 0.25) is 0 Å². The lowest BCUT2D eigenvalue weighted by molar-refractivity contribution is -0.131. The van der Waals surface area contributed by atoms with Crippen molar-refractivity contribution in [1.82, 2.24) is 0 Å². The van der Waals surface area contributed by atoms with Crippen molar-refractivity contribution in [3.63, 3.8) is 0 Å². The summed E-state index contributed by atoms with van der Waals surface area (Å²) in [5, 5.41) is 5.69. The fraction of sp³-hybridized carbons (Fsp3) is 0.300. The van der Waals surface area contributed by atoms with Gasteiger partial charge in [-0.3, -0.25) is 9.59 Å². The first-order valence-corrected chi connectivity index (χ1v) is 8.45. The first-order chi connectivity index (χ1) is 12.0. The van der Waals surface area contributed by atoms with E-state index in [1.54, 1.807) is 24.3 Å². The molecule has 5 nitrogen and oxygen atoms in total. The highest BCUT2D eigenvalue weighted by atomic mass is 16.5. The van der Waals surface area contributed by atoms with Crippen LogP contribution in [-0.2, 0) is 9.59 Å². The van der Waals surface area contributed by atoms with Gasteiger partial charge in [-0.05, 0) is 51.0 Å². The lowest BCUT2D eigenvalue weighted by Crippen LogP contribution is -2.35. The van der Waals surface area contributed by atoms with Gasteiger partial charge in [0, 0.05) is 5.69 Å². The van der Waals surface area contributed by atoms with Crippen LogP contribution in [0.15, 0.2) is 54.6 Å². The lowest BCUT2D eigenvalue weighted by Gasteiger charge is -2.18. The minimum absolute atomic E-state index is 0.00526. The third kappa shape index (κ3) is 3.82. The molecule has 1 saturated carbocycles. The number of hydrogen-bond acceptors (Lipinski definition) is 3. The zero-order chi connectivity index (χ0) is 17.9. The molecule has 3 rings (SSSR count). The maximum Gasteiger partial charge on any atom is 0.240 e. The first-order valence-electron chi connectivity index (χ1n) is 8.45. The van der Waals surface area contributed by atoms with Gasteiger partial charge < -0.3 is 15.4 Å². The van der Waals surface area contributed by atoms with Gasteiger partial charge in [-0.1, -0.05) is 30.3 Å². The average Bonchev–Trinajstić information content (AvgIpc) is 3.39. The second-order valence-corrected chi connectivity index (χ2v) is 6.52. The van der Waals surface area contributed by atoms with Crippen LogP contribution in [0.1, 0.15) is 26.7 Å². The zero-order valence-corrected chi connectivity index (χ0v) is 14.4. The molecule has 2 aromatic rings. The summed E-state index contributed by atoms with van der Waals surface area (Å²) in [7, 11) is 0. The Hall–Kier alpha value is -2.82. The van der Waals surface area contributed by atoms with Gasteiger partial charge in [0.2, 0.25) is 11.8 Å². The Balaban J connectivity index is 1.72. The van der Waals surface area contributed by atoms with E-state index in [-0.39, 0.29) is 17.9 Å². The van der Waals surface area contributed by atoms with Gasteiger partial charge in [-0.25, -0.2) is 0 Å². The molecule has 1 fully saturated rings. The van der Waals surface area contributed by atoms with E-state index in [0.29, 0.717) is 30.0 Å². The fourth-order valence-corrected chi connectivity index (χ4v) is 2.62. The molecular weight excluding hydrogens is 316 g/mol. The normalized spacial score (nSPS) is 14.7. The predicted molar refractivity (Wildman–Crippen MR) is 97.6 cm³/mol. The van der Waals surface area contributed by atoms with Crippen LogP contribution in [0.5, 0.6) is 5.75 Å². The zero-order valence-electron chi connectivity index (χ0n) is 14.4. The molecule has 0 bridgehead atoms. The van der Waals surface area contributed by atoms with Crippen molar-refractivity contribution in [2.24, 2.45) is 5.41 Å². The van der Waals surface area contributed by atoms with Crippen LogP contribution in [0.3, 0.4) is 0 Å². The predicted octanol–water partition coefficient (Wildman–Crippen LogP) is 3.83. The van der Waals surface area contributed by atoms with Crippen LogP contribution in [0.4, 0.5) is 11.4 Å². The minimum atomic E-state index is -0.999. The first kappa shape index (κ1) is 17.0. The highest BCUT2D eigenvalue weighted by molar-refractivity contribution is 6.17. The maximum atomic E-state index is 12.7. The van der Waals surface area contributed by atoms with E-state index in [9.17, 15) is 9.59 Å². The van der Waals surface area contributed by atoms with Crippen molar-refractivity contribution < 1.29 is 14.3 Å². The molecule has 0 aliphatic heterocycles. The smallest absolute Gasteiger partial charge is 0.240 e. The van der Waals surface area contributed by atoms with Gasteiger partial charge in [-0.2, -0.15) is 0 Å². The van der Waals surface area contributed by atoms with Crippen molar-refractivity contribution in [1.29, 1.82) is 0 Å². The van der Waals surface area contributed by atoms with Crippen molar-refractivity contribution in [3.8, 4) is 5.75 Å². The van der Waals surface area contributed by atoms with Crippen molar-refractivity contribution in [2.75, 3.05) is 10.6 Å². The summed E-state index contributed by atoms with van der Waals surface area (Å²) >= 11 is 0. The van der Waals surface area contributed by atoms with Crippen LogP contribution < -0.4 is 15.4 Å². The molecule has 0 atom stereocenters. The molecule has 5 heteroatoms. The van der Waals surface area contributed by atoms with E-state index in [1.807, 2.05) is 44.2 Å². The minimum Gasteiger partial charge on any atom is -0.489 e. The number of hydrogen-bond donors (Lipinski definition) is 2. The molecule has 25 heavy (non-hydrogen) atoms. The number of benzene rings is 2. The molecule has 2 aromatic carbocycles. The number of carbonyl (C=O) groups excluding carboxylic acids is 2. The van der Waals surface area contributed by atoms with Crippen LogP contribution >= 0.6 is 0 Å². The number of nitrogens with one attached hydrogen (secondary N) is 2. The lowest BCUT2D eigenvalue weighted by atomic mass is 10.0. The molecule has 1 aliphatic carbocycles. The number of ether oxygens (including phenoxy) is 1. The van der Waals surface area contributed by atoms with Crippen LogP contribution in [0.25, 0.3) is 0 Å². The van der Waals surface area contributed by atoms with Crippen molar-refractivity contribution >= 4 is 23.2 Å². The summed E-state index contributed by atoms with van der Waals surface area (Å²) in [4.78, 5) is 25.3. The summed E-state index contributed by atoms with van der Waals surface area (Å²) in [6, 6.07) is 16.4. The molecule has 0 unspecified atom stereocenters. The molecule has 2 N–H and O–H groups in total. The van der Waals surface area contributed by atoms with Crippen LogP contribution in [0, 0.1) is 5.41 Å². The van der Waals surface area contributed by atoms with Gasteiger partial charge in [0.1, 0.15) is 11.2 Å². The molecule has 0 radical (unpaired) electrons. The van der Waals surface area contributed by atoms with Crippen molar-refractivity contribution in [3.05, 3.63) is 54.6 Å². The van der Waals surface area contributed by atoms with Gasteiger partial charge >= 0.3 is 0 Å². The Morgan fingerprint density at radius 3 is 2.16 bits per heavy atom. The maximum absolute atomic E-state index is 12.7. The SMILES string of the molecule is CC(C)Oc1ccccc1NC(=O)C1(C(=O)Nc2ccccc2)CC1. The van der Waals surface area contributed by atoms with Crippen molar-refractivity contribution in [2.45, 2.75) is 32.8 Å². The summed E-state index contributed by atoms with van der Waals surface area (Å²) < 4.78 is 5.72. The second-order valence-electron chi connectivity index (χ2n) is 6.52. The quantitative estimate of drug-likeness (QED) is 0.787. The third-order valence-electron chi connectivity index (χ3n) is 4.15. The molecule has 2 amide bonds. The Kier molecular flexibility index (Phi) is 4.74. The molecular formula is C20H22N2O3. The van der Waals surface area contributed by atoms with E-state index in [0.717, 1.165) is 0 Å². The highest BCUT2D eigenvalue weighted by Crippen LogP contribution is 2.48. The van der Waals surface area contributed by atoms with Gasteiger partial charge in [-0.15, -0.1) is 0 Å². The number of para-hydroxylation sites is 3. The van der Waals surface area contributed by atoms with E-state index in [1.165, 1.54) is 0 Å². The number of anilines is 2. The fourth-order valence-electron chi connectivity index (χ4n) is 2.62. The van der Waals surface area contributed by atoms with Crippen LogP contribution in [-0.4, -0.2) is 17.9 Å². The number of carbonyl (C=O) groups is 2. The summed E-state index contributed by atoms with van der Waals surface area (Å²) in [5.41, 5.74) is 0.274. The topological polar surface area (TPSA) is 67.4 Å². The summed E-state index contributed by atoms with van der Waals surface area (Å²) in [6.07, 6.45) is 1.09. The monoisotopic (exact) mass is 338 g/mol. The van der Waals surface area contributed by atoms with E-state index >= 15 is 0 Å². The second kappa shape index (κ2) is 6.97. The third-order valence-corrected chi connectivity index (χ3v) is 4.15. The van der Waals surface area contributed by atoms with Gasteiger partial charge in [0.05, 0.1) is 11.8 Å². The molecule has 0 saturated heterocycles. The summed E-state index contributed by atoms with van der Waals surface area (Å²) in [6.45, 7) is 3.85. The van der Waals surface area contributed by atoms with E-state index in [4.69, 9.17) is 4.74 Å². The number of amides is 2. The molecule has 0 aromatic heterocycles. The summed E-state index contributed by atoms with van der Waals surface area (Å²) in [5.74, 6) is 0.0457. The Morgan fingerprint density at radius 1 is 0.920 bits per heavy atom. The molecule has 130 valence electrons. The molecule has 0 spiro atoms. The van der Waals surface area contributed by atoms with Gasteiger partial charge in [0.15, 0.2) is 0 Å². The average molecular weight is 338 g/mol. The Bertz CT molecular complexity index is 768. The van der Waals surface area contributed by atoms with E-state index < -0.39 is 5.41 Å². The highest BCUT2D eigenvalue weighted by Gasteiger charge is 2.56.